The average Bonchev–Trinajstić information content (AvgIpc) is 2.72. The fraction of sp³-hybridized carbons (Fsp3) is 0.167. The van der Waals surface area contributed by atoms with Crippen LogP contribution in [0.1, 0.15) is 17.5 Å². The molecule has 3 nitrogen and oxygen atoms in total. The monoisotopic (exact) mass is 230 g/mol. The van der Waals surface area contributed by atoms with Gasteiger partial charge >= 0.3 is 0 Å². The maximum Gasteiger partial charge on any atom is 0.160 e. The van der Waals surface area contributed by atoms with Crippen LogP contribution in [0.2, 0.25) is 0 Å². The van der Waals surface area contributed by atoms with E-state index in [0.717, 1.165) is 18.0 Å². The molecule has 0 spiro atoms. The van der Waals surface area contributed by atoms with Crippen LogP contribution in [0, 0.1) is 4.64 Å². The Bertz CT molecular complexity index is 554. The van der Waals surface area contributed by atoms with Gasteiger partial charge in [0.2, 0.25) is 0 Å². The van der Waals surface area contributed by atoms with Crippen LogP contribution in [0.15, 0.2) is 36.5 Å². The van der Waals surface area contributed by atoms with E-state index in [4.69, 9.17) is 17.0 Å². The molecule has 2 heterocycles. The molecule has 3 rings (SSSR count). The summed E-state index contributed by atoms with van der Waals surface area (Å²) in [5, 5.41) is 0. The zero-order valence-corrected chi connectivity index (χ0v) is 9.33. The van der Waals surface area contributed by atoms with Crippen molar-refractivity contribution in [1.82, 2.24) is 9.97 Å². The second-order valence-corrected chi connectivity index (χ2v) is 4.18. The molecule has 1 aliphatic heterocycles. The molecule has 1 atom stereocenters. The van der Waals surface area contributed by atoms with E-state index in [-0.39, 0.29) is 6.10 Å². The molecular weight excluding hydrogens is 220 g/mol. The molecule has 0 amide bonds. The largest absolute Gasteiger partial charge is 0.482 e. The van der Waals surface area contributed by atoms with Crippen molar-refractivity contribution in [3.63, 3.8) is 0 Å². The highest BCUT2D eigenvalue weighted by Gasteiger charge is 2.25. The number of ether oxygens (including phenoxy) is 1. The van der Waals surface area contributed by atoms with Gasteiger partial charge in [-0.3, -0.25) is 0 Å². The first-order valence-electron chi connectivity index (χ1n) is 5.13. The van der Waals surface area contributed by atoms with E-state index in [2.05, 4.69) is 16.0 Å². The van der Waals surface area contributed by atoms with Crippen LogP contribution >= 0.6 is 12.2 Å². The third-order valence-electron chi connectivity index (χ3n) is 2.64. The van der Waals surface area contributed by atoms with Gasteiger partial charge in [-0.1, -0.05) is 30.4 Å². The van der Waals surface area contributed by atoms with Gasteiger partial charge in [0, 0.05) is 12.6 Å². The molecule has 0 bridgehead atoms. The van der Waals surface area contributed by atoms with E-state index in [1.807, 2.05) is 18.2 Å². The van der Waals surface area contributed by atoms with Crippen molar-refractivity contribution in [2.45, 2.75) is 12.5 Å². The second kappa shape index (κ2) is 3.72. The first-order chi connectivity index (χ1) is 7.83. The maximum atomic E-state index is 5.81. The smallest absolute Gasteiger partial charge is 0.160 e. The highest BCUT2D eigenvalue weighted by Crippen LogP contribution is 2.34. The van der Waals surface area contributed by atoms with E-state index in [1.54, 1.807) is 12.3 Å². The van der Waals surface area contributed by atoms with Gasteiger partial charge in [0.05, 0.1) is 0 Å². The normalized spacial score (nSPS) is 17.9. The van der Waals surface area contributed by atoms with Crippen LogP contribution in [0.3, 0.4) is 0 Å². The first kappa shape index (κ1) is 9.54. The van der Waals surface area contributed by atoms with Gasteiger partial charge in [-0.2, -0.15) is 0 Å². The number of rotatable bonds is 1. The van der Waals surface area contributed by atoms with Crippen molar-refractivity contribution in [2.24, 2.45) is 0 Å². The molecule has 1 aromatic heterocycles. The number of para-hydroxylation sites is 1. The van der Waals surface area contributed by atoms with Crippen molar-refractivity contribution >= 4 is 12.2 Å². The van der Waals surface area contributed by atoms with E-state index in [9.17, 15) is 0 Å². The number of fused-ring (bicyclic) bond motifs is 1. The van der Waals surface area contributed by atoms with Gasteiger partial charge in [0.15, 0.2) is 6.10 Å². The number of nitrogens with one attached hydrogen (secondary N) is 1. The minimum Gasteiger partial charge on any atom is -0.482 e. The Hall–Kier alpha value is -1.68. The van der Waals surface area contributed by atoms with Gasteiger partial charge in [-0.05, 0) is 17.7 Å². The molecular formula is C12H10N2OS. The number of benzene rings is 1. The van der Waals surface area contributed by atoms with Gasteiger partial charge in [-0.25, -0.2) is 4.98 Å². The van der Waals surface area contributed by atoms with Crippen LogP contribution in [0.25, 0.3) is 0 Å². The van der Waals surface area contributed by atoms with Gasteiger partial charge in [0.1, 0.15) is 16.2 Å². The summed E-state index contributed by atoms with van der Waals surface area (Å²) in [4.78, 5) is 7.32. The van der Waals surface area contributed by atoms with E-state index in [1.165, 1.54) is 5.56 Å². The summed E-state index contributed by atoms with van der Waals surface area (Å²) in [7, 11) is 0. The molecule has 0 radical (unpaired) electrons. The fourth-order valence-corrected chi connectivity index (χ4v) is 2.05. The molecule has 2 aromatic rings. The summed E-state index contributed by atoms with van der Waals surface area (Å²) in [6.45, 7) is 0. The summed E-state index contributed by atoms with van der Waals surface area (Å²) >= 11 is 5.07. The Morgan fingerprint density at radius 1 is 1.31 bits per heavy atom. The molecule has 0 aliphatic carbocycles. The van der Waals surface area contributed by atoms with Crippen molar-refractivity contribution < 1.29 is 4.74 Å². The lowest BCUT2D eigenvalue weighted by atomic mass is 10.1. The van der Waals surface area contributed by atoms with Crippen LogP contribution < -0.4 is 4.74 Å². The third kappa shape index (κ3) is 1.61. The number of hydrogen-bond acceptors (Lipinski definition) is 3. The predicted octanol–water partition coefficient (Wildman–Crippen LogP) is 2.82. The van der Waals surface area contributed by atoms with E-state index >= 15 is 0 Å². The lowest BCUT2D eigenvalue weighted by Gasteiger charge is -2.08. The highest BCUT2D eigenvalue weighted by molar-refractivity contribution is 7.71. The number of aromatic amines is 1. The fourth-order valence-electron chi connectivity index (χ4n) is 1.88. The van der Waals surface area contributed by atoms with Crippen LogP contribution in [-0.4, -0.2) is 9.97 Å². The van der Waals surface area contributed by atoms with Crippen LogP contribution in [0.5, 0.6) is 5.75 Å². The minimum absolute atomic E-state index is 0.0414. The minimum atomic E-state index is -0.0414. The number of nitrogens with zero attached hydrogens (tertiary/aromatic N) is 1. The SMILES string of the molecule is S=c1ccnc(C2Cc3ccccc3O2)[nH]1. The van der Waals surface area contributed by atoms with E-state index in [0.29, 0.717) is 4.64 Å². The van der Waals surface area contributed by atoms with Gasteiger partial charge < -0.3 is 9.72 Å². The van der Waals surface area contributed by atoms with Crippen molar-refractivity contribution in [1.29, 1.82) is 0 Å². The Labute approximate surface area is 98.1 Å². The maximum absolute atomic E-state index is 5.81. The lowest BCUT2D eigenvalue weighted by molar-refractivity contribution is 0.227. The molecule has 1 aromatic carbocycles. The van der Waals surface area contributed by atoms with E-state index < -0.39 is 0 Å². The quantitative estimate of drug-likeness (QED) is 0.765. The standard InChI is InChI=1S/C12H10N2OS/c16-11-5-6-13-12(14-11)10-7-8-3-1-2-4-9(8)15-10/h1-6,10H,7H2,(H,13,14,16). The summed E-state index contributed by atoms with van der Waals surface area (Å²) in [6.07, 6.45) is 2.51. The Balaban J connectivity index is 1.94. The van der Waals surface area contributed by atoms with Gasteiger partial charge in [-0.15, -0.1) is 0 Å². The highest BCUT2D eigenvalue weighted by atomic mass is 32.1. The number of H-pyrrole nitrogens is 1. The second-order valence-electron chi connectivity index (χ2n) is 3.74. The Morgan fingerprint density at radius 3 is 3.00 bits per heavy atom. The summed E-state index contributed by atoms with van der Waals surface area (Å²) < 4.78 is 6.49. The number of hydrogen-bond donors (Lipinski definition) is 1. The Morgan fingerprint density at radius 2 is 2.19 bits per heavy atom. The molecule has 0 saturated heterocycles. The topological polar surface area (TPSA) is 37.9 Å². The van der Waals surface area contributed by atoms with Gasteiger partial charge in [0.25, 0.3) is 0 Å². The molecule has 0 saturated carbocycles. The van der Waals surface area contributed by atoms with Crippen molar-refractivity contribution in [2.75, 3.05) is 0 Å². The first-order valence-corrected chi connectivity index (χ1v) is 5.53. The summed E-state index contributed by atoms with van der Waals surface area (Å²) in [5.41, 5.74) is 1.22. The molecule has 4 heteroatoms. The zero-order chi connectivity index (χ0) is 11.0. The van der Waals surface area contributed by atoms with Crippen LogP contribution in [0.4, 0.5) is 0 Å². The lowest BCUT2D eigenvalue weighted by Crippen LogP contribution is -2.07. The molecule has 1 unspecified atom stereocenters. The number of aromatic nitrogens is 2. The average molecular weight is 230 g/mol. The Kier molecular flexibility index (Phi) is 2.22. The van der Waals surface area contributed by atoms with Crippen molar-refractivity contribution in [3.05, 3.63) is 52.6 Å². The molecule has 0 fully saturated rings. The predicted molar refractivity (Wildman–Crippen MR) is 62.9 cm³/mol. The summed E-state index contributed by atoms with van der Waals surface area (Å²) in [5.74, 6) is 1.74. The molecule has 1 aliphatic rings. The van der Waals surface area contributed by atoms with Crippen molar-refractivity contribution in [3.8, 4) is 5.75 Å². The summed E-state index contributed by atoms with van der Waals surface area (Å²) in [6, 6.07) is 9.81. The van der Waals surface area contributed by atoms with Crippen LogP contribution in [-0.2, 0) is 6.42 Å². The molecule has 1 N–H and O–H groups in total. The zero-order valence-electron chi connectivity index (χ0n) is 8.51. The third-order valence-corrected chi connectivity index (χ3v) is 2.88. The molecule has 16 heavy (non-hydrogen) atoms. The molecule has 80 valence electrons.